The zero-order chi connectivity index (χ0) is 12.4. The monoisotopic (exact) mass is 233 g/mol. The fraction of sp³-hybridized carbons (Fsp3) is 0.333. The van der Waals surface area contributed by atoms with Gasteiger partial charge in [0.05, 0.1) is 5.69 Å². The first kappa shape index (κ1) is 11.4. The zero-order valence-electron chi connectivity index (χ0n) is 10.2. The molecular formula is C12H15N3O2. The van der Waals surface area contributed by atoms with Gasteiger partial charge in [-0.15, -0.1) is 0 Å². The Morgan fingerprint density at radius 1 is 1.53 bits per heavy atom. The van der Waals surface area contributed by atoms with Gasteiger partial charge >= 0.3 is 0 Å². The molecule has 90 valence electrons. The highest BCUT2D eigenvalue weighted by molar-refractivity contribution is 5.77. The molecule has 2 aromatic heterocycles. The third kappa shape index (κ3) is 2.38. The van der Waals surface area contributed by atoms with E-state index in [0.29, 0.717) is 5.75 Å². The van der Waals surface area contributed by atoms with Crippen LogP contribution in [0.2, 0.25) is 0 Å². The van der Waals surface area contributed by atoms with Gasteiger partial charge in [-0.25, -0.2) is 4.98 Å². The first-order valence-corrected chi connectivity index (χ1v) is 5.35. The second-order valence-electron chi connectivity index (χ2n) is 4.06. The summed E-state index contributed by atoms with van der Waals surface area (Å²) in [4.78, 5) is 17.3. The predicted molar refractivity (Wildman–Crippen MR) is 64.1 cm³/mol. The van der Waals surface area contributed by atoms with Crippen molar-refractivity contribution in [2.24, 2.45) is 0 Å². The Bertz CT molecular complexity index is 546. The Kier molecular flexibility index (Phi) is 2.99. The van der Waals surface area contributed by atoms with Gasteiger partial charge in [-0.2, -0.15) is 0 Å². The number of pyridine rings is 1. The lowest BCUT2D eigenvalue weighted by atomic mass is 10.4. The Labute approximate surface area is 99.6 Å². The number of hydrogen-bond donors (Lipinski definition) is 0. The van der Waals surface area contributed by atoms with Crippen LogP contribution in [0, 0.1) is 6.92 Å². The smallest absolute Gasteiger partial charge is 0.259 e. The zero-order valence-corrected chi connectivity index (χ0v) is 10.2. The Balaban J connectivity index is 2.21. The molecule has 0 spiro atoms. The van der Waals surface area contributed by atoms with Gasteiger partial charge in [0.2, 0.25) is 0 Å². The van der Waals surface area contributed by atoms with Crippen LogP contribution in [0.3, 0.4) is 0 Å². The summed E-state index contributed by atoms with van der Waals surface area (Å²) in [6.45, 7) is 1.94. The van der Waals surface area contributed by atoms with Gasteiger partial charge in [-0.05, 0) is 19.1 Å². The summed E-state index contributed by atoms with van der Waals surface area (Å²) in [7, 11) is 3.40. The van der Waals surface area contributed by atoms with E-state index in [1.807, 2.05) is 35.9 Å². The molecule has 0 aliphatic heterocycles. The number of likely N-dealkylation sites (N-methyl/N-ethyl adjacent to an activating group) is 1. The maximum atomic E-state index is 11.4. The average molecular weight is 233 g/mol. The number of carbonyl (C=O) groups excluding carboxylic acids is 1. The van der Waals surface area contributed by atoms with E-state index in [4.69, 9.17) is 4.74 Å². The molecule has 0 N–H and O–H groups in total. The molecule has 0 bridgehead atoms. The lowest BCUT2D eigenvalue weighted by Gasteiger charge is -2.11. The molecule has 0 aromatic carbocycles. The van der Waals surface area contributed by atoms with E-state index >= 15 is 0 Å². The summed E-state index contributed by atoms with van der Waals surface area (Å²) >= 11 is 0. The van der Waals surface area contributed by atoms with Crippen LogP contribution in [0.25, 0.3) is 5.65 Å². The van der Waals surface area contributed by atoms with Crippen molar-refractivity contribution in [3.8, 4) is 5.75 Å². The number of imidazole rings is 1. The van der Waals surface area contributed by atoms with Crippen LogP contribution in [0.15, 0.2) is 24.5 Å². The molecule has 0 saturated heterocycles. The first-order chi connectivity index (χ1) is 8.08. The minimum absolute atomic E-state index is 0.0264. The van der Waals surface area contributed by atoms with Crippen LogP contribution in [-0.4, -0.2) is 40.9 Å². The Morgan fingerprint density at radius 3 is 3.00 bits per heavy atom. The minimum Gasteiger partial charge on any atom is -0.480 e. The summed E-state index contributed by atoms with van der Waals surface area (Å²) < 4.78 is 7.36. The number of nitrogens with zero attached hydrogens (tertiary/aromatic N) is 3. The molecule has 0 fully saturated rings. The summed E-state index contributed by atoms with van der Waals surface area (Å²) in [6.07, 6.45) is 3.81. The van der Waals surface area contributed by atoms with Crippen molar-refractivity contribution in [3.63, 3.8) is 0 Å². The van der Waals surface area contributed by atoms with Gasteiger partial charge in [0, 0.05) is 26.5 Å². The van der Waals surface area contributed by atoms with Gasteiger partial charge in [0.15, 0.2) is 18.0 Å². The SMILES string of the molecule is Cc1cn2cccc(OCC(=O)N(C)C)c2n1. The molecule has 2 rings (SSSR count). The van der Waals surface area contributed by atoms with E-state index < -0.39 is 0 Å². The van der Waals surface area contributed by atoms with Crippen LogP contribution >= 0.6 is 0 Å². The quantitative estimate of drug-likeness (QED) is 0.797. The number of hydrogen-bond acceptors (Lipinski definition) is 3. The summed E-state index contributed by atoms with van der Waals surface area (Å²) in [5, 5.41) is 0. The average Bonchev–Trinajstić information content (AvgIpc) is 2.66. The van der Waals surface area contributed by atoms with Crippen LogP contribution < -0.4 is 4.74 Å². The number of aryl methyl sites for hydroxylation is 1. The molecule has 0 radical (unpaired) electrons. The first-order valence-electron chi connectivity index (χ1n) is 5.35. The molecule has 0 aliphatic rings. The highest BCUT2D eigenvalue weighted by atomic mass is 16.5. The maximum absolute atomic E-state index is 11.4. The van der Waals surface area contributed by atoms with Crippen molar-refractivity contribution >= 4 is 11.6 Å². The fourth-order valence-electron chi connectivity index (χ4n) is 1.49. The minimum atomic E-state index is -0.0738. The lowest BCUT2D eigenvalue weighted by molar-refractivity contribution is -0.130. The molecular weight excluding hydrogens is 218 g/mol. The summed E-state index contributed by atoms with van der Waals surface area (Å²) in [5.74, 6) is 0.547. The third-order valence-electron chi connectivity index (χ3n) is 2.42. The largest absolute Gasteiger partial charge is 0.480 e. The highest BCUT2D eigenvalue weighted by Crippen LogP contribution is 2.18. The number of ether oxygens (including phenoxy) is 1. The highest BCUT2D eigenvalue weighted by Gasteiger charge is 2.08. The van der Waals surface area contributed by atoms with Crippen molar-refractivity contribution in [1.82, 2.24) is 14.3 Å². The lowest BCUT2D eigenvalue weighted by Crippen LogP contribution is -2.27. The third-order valence-corrected chi connectivity index (χ3v) is 2.42. The van der Waals surface area contributed by atoms with Crippen molar-refractivity contribution in [1.29, 1.82) is 0 Å². The van der Waals surface area contributed by atoms with Gasteiger partial charge in [-0.3, -0.25) is 4.79 Å². The fourth-order valence-corrected chi connectivity index (χ4v) is 1.49. The number of aromatic nitrogens is 2. The van der Waals surface area contributed by atoms with Gasteiger partial charge in [0.1, 0.15) is 0 Å². The van der Waals surface area contributed by atoms with Gasteiger partial charge in [0.25, 0.3) is 5.91 Å². The number of fused-ring (bicyclic) bond motifs is 1. The van der Waals surface area contributed by atoms with E-state index in [1.54, 1.807) is 14.1 Å². The molecule has 5 heteroatoms. The molecule has 2 heterocycles. The van der Waals surface area contributed by atoms with E-state index in [1.165, 1.54) is 4.90 Å². The summed E-state index contributed by atoms with van der Waals surface area (Å²) in [5.41, 5.74) is 1.65. The van der Waals surface area contributed by atoms with Gasteiger partial charge in [-0.1, -0.05) is 0 Å². The molecule has 17 heavy (non-hydrogen) atoms. The molecule has 0 aliphatic carbocycles. The van der Waals surface area contributed by atoms with E-state index in [-0.39, 0.29) is 12.5 Å². The van der Waals surface area contributed by atoms with E-state index in [9.17, 15) is 4.79 Å². The van der Waals surface area contributed by atoms with Crippen LogP contribution in [0.5, 0.6) is 5.75 Å². The normalized spacial score (nSPS) is 10.5. The van der Waals surface area contributed by atoms with E-state index in [0.717, 1.165) is 11.3 Å². The van der Waals surface area contributed by atoms with E-state index in [2.05, 4.69) is 4.98 Å². The van der Waals surface area contributed by atoms with Crippen molar-refractivity contribution in [3.05, 3.63) is 30.2 Å². The Hall–Kier alpha value is -2.04. The van der Waals surface area contributed by atoms with Crippen molar-refractivity contribution < 1.29 is 9.53 Å². The molecule has 0 saturated carbocycles. The maximum Gasteiger partial charge on any atom is 0.259 e. The molecule has 5 nitrogen and oxygen atoms in total. The topological polar surface area (TPSA) is 46.8 Å². The van der Waals surface area contributed by atoms with Crippen LogP contribution in [0.4, 0.5) is 0 Å². The van der Waals surface area contributed by atoms with Gasteiger partial charge < -0.3 is 14.0 Å². The van der Waals surface area contributed by atoms with Crippen LogP contribution in [-0.2, 0) is 4.79 Å². The van der Waals surface area contributed by atoms with Crippen LogP contribution in [0.1, 0.15) is 5.69 Å². The molecule has 0 atom stereocenters. The second-order valence-corrected chi connectivity index (χ2v) is 4.06. The summed E-state index contributed by atoms with van der Waals surface area (Å²) in [6, 6.07) is 3.67. The number of carbonyl (C=O) groups is 1. The number of rotatable bonds is 3. The molecule has 1 amide bonds. The molecule has 0 unspecified atom stereocenters. The molecule has 2 aromatic rings. The standard InChI is InChI=1S/C12H15N3O2/c1-9-7-15-6-4-5-10(12(15)13-9)17-8-11(16)14(2)3/h4-7H,8H2,1-3H3. The number of amides is 1. The second kappa shape index (κ2) is 4.45. The Morgan fingerprint density at radius 2 is 2.29 bits per heavy atom. The van der Waals surface area contributed by atoms with Crippen molar-refractivity contribution in [2.75, 3.05) is 20.7 Å². The van der Waals surface area contributed by atoms with Crippen molar-refractivity contribution in [2.45, 2.75) is 6.92 Å². The predicted octanol–water partition coefficient (Wildman–Crippen LogP) is 1.11.